The van der Waals surface area contributed by atoms with Crippen LogP contribution in [0, 0.1) is 5.92 Å². The van der Waals surface area contributed by atoms with Crippen molar-refractivity contribution >= 4 is 5.91 Å². The minimum Gasteiger partial charge on any atom is -0.481 e. The third kappa shape index (κ3) is 5.18. The van der Waals surface area contributed by atoms with E-state index < -0.39 is 0 Å². The Morgan fingerprint density at radius 2 is 2.22 bits per heavy atom. The molecule has 1 saturated carbocycles. The van der Waals surface area contributed by atoms with E-state index in [0.717, 1.165) is 18.5 Å². The maximum absolute atomic E-state index is 12.2. The molecule has 0 spiro atoms. The molecule has 6 heteroatoms. The lowest BCUT2D eigenvalue weighted by Gasteiger charge is -2.38. The Bertz CT molecular complexity index is 498. The van der Waals surface area contributed by atoms with E-state index in [2.05, 4.69) is 15.2 Å². The van der Waals surface area contributed by atoms with Crippen LogP contribution in [0.3, 0.4) is 0 Å². The highest BCUT2D eigenvalue weighted by Crippen LogP contribution is 2.38. The van der Waals surface area contributed by atoms with E-state index in [1.807, 2.05) is 20.2 Å². The van der Waals surface area contributed by atoms with Crippen molar-refractivity contribution in [3.05, 3.63) is 23.9 Å². The number of rotatable bonds is 8. The number of hydrogen-bond donors (Lipinski definition) is 2. The average molecular weight is 321 g/mol. The van der Waals surface area contributed by atoms with Gasteiger partial charge in [-0.1, -0.05) is 6.07 Å². The van der Waals surface area contributed by atoms with Gasteiger partial charge in [0.15, 0.2) is 0 Å². The molecule has 0 radical (unpaired) electrons. The van der Waals surface area contributed by atoms with Gasteiger partial charge in [0.2, 0.25) is 11.8 Å². The van der Waals surface area contributed by atoms with E-state index in [1.165, 1.54) is 0 Å². The second-order valence-electron chi connectivity index (χ2n) is 6.47. The number of carbonyl (C=O) groups excluding carboxylic acids is 1. The van der Waals surface area contributed by atoms with E-state index in [-0.39, 0.29) is 24.0 Å². The van der Waals surface area contributed by atoms with Gasteiger partial charge in [-0.15, -0.1) is 0 Å². The molecule has 1 aliphatic rings. The van der Waals surface area contributed by atoms with Crippen LogP contribution in [0.15, 0.2) is 18.3 Å². The first-order chi connectivity index (χ1) is 11.0. The van der Waals surface area contributed by atoms with E-state index >= 15 is 0 Å². The van der Waals surface area contributed by atoms with Crippen molar-refractivity contribution in [2.75, 3.05) is 27.7 Å². The van der Waals surface area contributed by atoms with Crippen molar-refractivity contribution in [3.8, 4) is 5.88 Å². The molecule has 0 unspecified atom stereocenters. The first kappa shape index (κ1) is 17.7. The molecule has 0 aromatic carbocycles. The number of aliphatic hydroxyl groups is 1. The lowest BCUT2D eigenvalue weighted by atomic mass is 9.75. The summed E-state index contributed by atoms with van der Waals surface area (Å²) < 4.78 is 5.08. The van der Waals surface area contributed by atoms with Gasteiger partial charge in [-0.2, -0.15) is 0 Å². The SMILES string of the molecule is COc1ccc([C@@H](NC(=O)CCCN(C)C)C2CC(O)C2)cn1. The Kier molecular flexibility index (Phi) is 6.36. The predicted molar refractivity (Wildman–Crippen MR) is 88.2 cm³/mol. The number of pyridine rings is 1. The Morgan fingerprint density at radius 3 is 2.74 bits per heavy atom. The summed E-state index contributed by atoms with van der Waals surface area (Å²) in [4.78, 5) is 18.5. The zero-order valence-corrected chi connectivity index (χ0v) is 14.2. The number of hydrogen-bond acceptors (Lipinski definition) is 5. The van der Waals surface area contributed by atoms with E-state index in [1.54, 1.807) is 19.4 Å². The number of aromatic nitrogens is 1. The van der Waals surface area contributed by atoms with Crippen molar-refractivity contribution in [3.63, 3.8) is 0 Å². The molecule has 1 fully saturated rings. The minimum absolute atomic E-state index is 0.0501. The van der Waals surface area contributed by atoms with Crippen LogP contribution in [0.5, 0.6) is 5.88 Å². The fraction of sp³-hybridized carbons (Fsp3) is 0.647. The van der Waals surface area contributed by atoms with Gasteiger partial charge in [-0.25, -0.2) is 4.98 Å². The smallest absolute Gasteiger partial charge is 0.220 e. The molecule has 0 aliphatic heterocycles. The molecule has 1 aliphatic carbocycles. The second-order valence-corrected chi connectivity index (χ2v) is 6.47. The fourth-order valence-corrected chi connectivity index (χ4v) is 2.87. The van der Waals surface area contributed by atoms with Crippen LogP contribution in [0.4, 0.5) is 0 Å². The number of nitrogens with zero attached hydrogens (tertiary/aromatic N) is 2. The highest BCUT2D eigenvalue weighted by Gasteiger charge is 2.35. The quantitative estimate of drug-likeness (QED) is 0.756. The molecule has 2 N–H and O–H groups in total. The van der Waals surface area contributed by atoms with Crippen LogP contribution in [-0.4, -0.2) is 54.8 Å². The van der Waals surface area contributed by atoms with Crippen molar-refractivity contribution in [2.45, 2.75) is 37.8 Å². The maximum Gasteiger partial charge on any atom is 0.220 e. The van der Waals surface area contributed by atoms with Crippen LogP contribution in [0.1, 0.15) is 37.3 Å². The van der Waals surface area contributed by atoms with Crippen molar-refractivity contribution < 1.29 is 14.6 Å². The molecule has 6 nitrogen and oxygen atoms in total. The Morgan fingerprint density at radius 1 is 1.48 bits per heavy atom. The van der Waals surface area contributed by atoms with Gasteiger partial charge in [0.1, 0.15) is 0 Å². The second kappa shape index (κ2) is 8.26. The molecule has 0 bridgehead atoms. The first-order valence-corrected chi connectivity index (χ1v) is 8.11. The topological polar surface area (TPSA) is 74.7 Å². The molecule has 0 saturated heterocycles. The monoisotopic (exact) mass is 321 g/mol. The maximum atomic E-state index is 12.2. The zero-order valence-electron chi connectivity index (χ0n) is 14.2. The molecule has 23 heavy (non-hydrogen) atoms. The molecule has 128 valence electrons. The number of carbonyl (C=O) groups is 1. The van der Waals surface area contributed by atoms with Crippen molar-refractivity contribution in [2.24, 2.45) is 5.92 Å². The lowest BCUT2D eigenvalue weighted by molar-refractivity contribution is -0.123. The minimum atomic E-state index is -0.251. The number of amides is 1. The summed E-state index contributed by atoms with van der Waals surface area (Å²) in [5.74, 6) is 0.866. The lowest BCUT2D eigenvalue weighted by Crippen LogP contribution is -2.41. The van der Waals surface area contributed by atoms with Crippen LogP contribution >= 0.6 is 0 Å². The summed E-state index contributed by atoms with van der Waals surface area (Å²) in [7, 11) is 5.58. The number of methoxy groups -OCH3 is 1. The van der Waals surface area contributed by atoms with E-state index in [4.69, 9.17) is 4.74 Å². The summed E-state index contributed by atoms with van der Waals surface area (Å²) >= 11 is 0. The van der Waals surface area contributed by atoms with Gasteiger partial charge < -0.3 is 20.1 Å². The van der Waals surface area contributed by atoms with Gasteiger partial charge in [-0.05, 0) is 51.4 Å². The van der Waals surface area contributed by atoms with Crippen LogP contribution < -0.4 is 10.1 Å². The molecule has 1 heterocycles. The average Bonchev–Trinajstić information content (AvgIpc) is 2.50. The molecule has 1 amide bonds. The third-order valence-electron chi connectivity index (χ3n) is 4.27. The molecule has 1 atom stereocenters. The Labute approximate surface area is 137 Å². The summed E-state index contributed by atoms with van der Waals surface area (Å²) in [5.41, 5.74) is 0.962. The zero-order chi connectivity index (χ0) is 16.8. The van der Waals surface area contributed by atoms with Crippen LogP contribution in [0.25, 0.3) is 0 Å². The van der Waals surface area contributed by atoms with Gasteiger partial charge in [0.05, 0.1) is 19.3 Å². The number of nitrogens with one attached hydrogen (secondary N) is 1. The van der Waals surface area contributed by atoms with Crippen molar-refractivity contribution in [1.29, 1.82) is 0 Å². The van der Waals surface area contributed by atoms with Crippen LogP contribution in [-0.2, 0) is 4.79 Å². The molecular weight excluding hydrogens is 294 g/mol. The standard InChI is InChI=1S/C17H27N3O3/c1-20(2)8-4-5-15(22)19-17(13-9-14(21)10-13)12-6-7-16(23-3)18-11-12/h6-7,11,13-14,17,21H,4-5,8-10H2,1-3H3,(H,19,22)/t13?,14?,17-/m1/s1. The Balaban J connectivity index is 1.98. The summed E-state index contributed by atoms with van der Waals surface area (Å²) in [6.45, 7) is 0.893. The molecule has 1 aromatic heterocycles. The molecule has 1 aromatic rings. The first-order valence-electron chi connectivity index (χ1n) is 8.11. The number of aliphatic hydroxyl groups excluding tert-OH is 1. The van der Waals surface area contributed by atoms with Gasteiger partial charge in [0, 0.05) is 18.7 Å². The van der Waals surface area contributed by atoms with Crippen molar-refractivity contribution in [1.82, 2.24) is 15.2 Å². The van der Waals surface area contributed by atoms with E-state index in [9.17, 15) is 9.90 Å². The highest BCUT2D eigenvalue weighted by atomic mass is 16.5. The third-order valence-corrected chi connectivity index (χ3v) is 4.27. The molecule has 2 rings (SSSR count). The van der Waals surface area contributed by atoms with Gasteiger partial charge in [0.25, 0.3) is 0 Å². The van der Waals surface area contributed by atoms with Gasteiger partial charge >= 0.3 is 0 Å². The van der Waals surface area contributed by atoms with E-state index in [0.29, 0.717) is 25.1 Å². The highest BCUT2D eigenvalue weighted by molar-refractivity contribution is 5.76. The Hall–Kier alpha value is -1.66. The summed E-state index contributed by atoms with van der Waals surface area (Å²) in [6, 6.07) is 3.64. The number of ether oxygens (including phenoxy) is 1. The summed E-state index contributed by atoms with van der Waals surface area (Å²) in [6.07, 6.45) is 4.27. The predicted octanol–water partition coefficient (Wildman–Crippen LogP) is 1.36. The van der Waals surface area contributed by atoms with Crippen LogP contribution in [0.2, 0.25) is 0 Å². The fourth-order valence-electron chi connectivity index (χ4n) is 2.87. The summed E-state index contributed by atoms with van der Waals surface area (Å²) in [5, 5.41) is 12.7. The van der Waals surface area contributed by atoms with Gasteiger partial charge in [-0.3, -0.25) is 4.79 Å². The molecular formula is C17H27N3O3. The normalized spacial score (nSPS) is 21.6. The largest absolute Gasteiger partial charge is 0.481 e.